The monoisotopic (exact) mass is 324 g/mol. The van der Waals surface area contributed by atoms with Gasteiger partial charge in [-0.05, 0) is 48.7 Å². The van der Waals surface area contributed by atoms with Gasteiger partial charge in [0.1, 0.15) is 16.2 Å². The smallest absolute Gasteiger partial charge is 0.124 e. The summed E-state index contributed by atoms with van der Waals surface area (Å²) in [4.78, 5) is 5.92. The van der Waals surface area contributed by atoms with E-state index in [1.165, 1.54) is 33.4 Å². The van der Waals surface area contributed by atoms with Crippen molar-refractivity contribution >= 4 is 32.6 Å². The first kappa shape index (κ1) is 14.4. The number of nitrogens with zero attached hydrogens (tertiary/aromatic N) is 2. The van der Waals surface area contributed by atoms with Crippen LogP contribution in [0.5, 0.6) is 0 Å². The number of hydrogen-bond acceptors (Lipinski definition) is 2. The first-order valence-electron chi connectivity index (χ1n) is 7.78. The number of aryl methyl sites for hydroxylation is 2. The molecule has 2 aromatic carbocycles. The maximum absolute atomic E-state index is 13.1. The van der Waals surface area contributed by atoms with Crippen molar-refractivity contribution in [2.75, 3.05) is 0 Å². The largest absolute Gasteiger partial charge is 0.326 e. The highest BCUT2D eigenvalue weighted by Crippen LogP contribution is 2.33. The van der Waals surface area contributed by atoms with Crippen LogP contribution < -0.4 is 0 Å². The van der Waals surface area contributed by atoms with Crippen LogP contribution in [0.15, 0.2) is 42.5 Å². The summed E-state index contributed by atoms with van der Waals surface area (Å²) in [5.41, 5.74) is 4.69. The minimum atomic E-state index is -0.197. The van der Waals surface area contributed by atoms with Gasteiger partial charge in [-0.25, -0.2) is 9.37 Å². The van der Waals surface area contributed by atoms with E-state index < -0.39 is 0 Å². The molecular weight excluding hydrogens is 307 g/mol. The Labute approximate surface area is 138 Å². The van der Waals surface area contributed by atoms with E-state index >= 15 is 0 Å². The Hall–Kier alpha value is -2.20. The van der Waals surface area contributed by atoms with Crippen molar-refractivity contribution in [1.82, 2.24) is 9.55 Å². The Bertz CT molecular complexity index is 996. The topological polar surface area (TPSA) is 17.8 Å². The summed E-state index contributed by atoms with van der Waals surface area (Å²) in [7, 11) is 0. The highest BCUT2D eigenvalue weighted by molar-refractivity contribution is 7.18. The van der Waals surface area contributed by atoms with Gasteiger partial charge in [0, 0.05) is 11.9 Å². The number of hydrogen-bond donors (Lipinski definition) is 0. The molecule has 0 aliphatic heterocycles. The van der Waals surface area contributed by atoms with Crippen molar-refractivity contribution in [3.05, 3.63) is 64.4 Å². The van der Waals surface area contributed by atoms with Gasteiger partial charge >= 0.3 is 0 Å². The van der Waals surface area contributed by atoms with Crippen LogP contribution in [0.25, 0.3) is 21.3 Å². The van der Waals surface area contributed by atoms with E-state index in [-0.39, 0.29) is 5.82 Å². The quantitative estimate of drug-likeness (QED) is 0.499. The molecule has 4 aromatic rings. The minimum Gasteiger partial charge on any atom is -0.326 e. The first-order valence-corrected chi connectivity index (χ1v) is 8.60. The fraction of sp³-hybridized carbons (Fsp3) is 0.211. The zero-order chi connectivity index (χ0) is 16.0. The Morgan fingerprint density at radius 3 is 2.57 bits per heavy atom. The lowest BCUT2D eigenvalue weighted by Crippen LogP contribution is -1.98. The highest BCUT2D eigenvalue weighted by Gasteiger charge is 2.15. The van der Waals surface area contributed by atoms with Gasteiger partial charge in [0.25, 0.3) is 0 Å². The molecule has 0 spiro atoms. The molecule has 0 unspecified atom stereocenters. The Balaban J connectivity index is 1.93. The van der Waals surface area contributed by atoms with Crippen LogP contribution >= 0.6 is 11.3 Å². The molecule has 4 heteroatoms. The molecule has 0 radical (unpaired) electrons. The van der Waals surface area contributed by atoms with Crippen molar-refractivity contribution in [2.24, 2.45) is 0 Å². The average molecular weight is 324 g/mol. The summed E-state index contributed by atoms with van der Waals surface area (Å²) in [5, 5.41) is 2.29. The van der Waals surface area contributed by atoms with Crippen molar-refractivity contribution < 1.29 is 4.39 Å². The molecule has 23 heavy (non-hydrogen) atoms. The van der Waals surface area contributed by atoms with Gasteiger partial charge < -0.3 is 4.57 Å². The average Bonchev–Trinajstić information content (AvgIpc) is 3.06. The normalized spacial score (nSPS) is 11.6. The molecule has 2 nitrogen and oxygen atoms in total. The van der Waals surface area contributed by atoms with Crippen molar-refractivity contribution in [1.29, 1.82) is 0 Å². The van der Waals surface area contributed by atoms with Crippen LogP contribution in [0.3, 0.4) is 0 Å². The predicted molar refractivity (Wildman–Crippen MR) is 94.7 cm³/mol. The van der Waals surface area contributed by atoms with E-state index in [0.717, 1.165) is 29.1 Å². The standard InChI is InChI=1S/C19H17FN2S/c1-3-13-6-9-17-16(10-13)18-19(23-12(2)21-18)22(17)11-14-4-7-15(20)8-5-14/h4-10H,3,11H2,1-2H3. The molecule has 0 atom stereocenters. The SMILES string of the molecule is CCc1ccc2c(c1)c1nc(C)sc1n2Cc1ccc(F)cc1. The number of benzene rings is 2. The molecule has 0 saturated heterocycles. The van der Waals surface area contributed by atoms with Gasteiger partial charge in [0.05, 0.1) is 10.5 Å². The molecule has 4 rings (SSSR count). The maximum Gasteiger partial charge on any atom is 0.124 e. The Kier molecular flexibility index (Phi) is 3.42. The molecule has 0 saturated carbocycles. The van der Waals surface area contributed by atoms with Crippen molar-refractivity contribution in [2.45, 2.75) is 26.8 Å². The zero-order valence-corrected chi connectivity index (χ0v) is 14.0. The fourth-order valence-electron chi connectivity index (χ4n) is 3.04. The molecule has 116 valence electrons. The van der Waals surface area contributed by atoms with Gasteiger partial charge in [-0.3, -0.25) is 0 Å². The molecule has 0 bridgehead atoms. The lowest BCUT2D eigenvalue weighted by Gasteiger charge is -2.07. The van der Waals surface area contributed by atoms with Crippen molar-refractivity contribution in [3.63, 3.8) is 0 Å². The lowest BCUT2D eigenvalue weighted by molar-refractivity contribution is 0.626. The summed E-state index contributed by atoms with van der Waals surface area (Å²) in [6, 6.07) is 13.3. The molecule has 0 aliphatic carbocycles. The fourth-order valence-corrected chi connectivity index (χ4v) is 3.98. The second-order valence-electron chi connectivity index (χ2n) is 5.80. The van der Waals surface area contributed by atoms with E-state index in [4.69, 9.17) is 4.98 Å². The summed E-state index contributed by atoms with van der Waals surface area (Å²) < 4.78 is 15.4. The van der Waals surface area contributed by atoms with E-state index in [0.29, 0.717) is 0 Å². The van der Waals surface area contributed by atoms with Crippen LogP contribution in [-0.4, -0.2) is 9.55 Å². The molecule has 0 aliphatic rings. The summed E-state index contributed by atoms with van der Waals surface area (Å²) in [6.45, 7) is 4.94. The van der Waals surface area contributed by atoms with E-state index in [9.17, 15) is 4.39 Å². The summed E-state index contributed by atoms with van der Waals surface area (Å²) in [6.07, 6.45) is 1.02. The Morgan fingerprint density at radius 1 is 1.09 bits per heavy atom. The third-order valence-corrected chi connectivity index (χ3v) is 5.22. The second kappa shape index (κ2) is 5.46. The van der Waals surface area contributed by atoms with Crippen LogP contribution in [0, 0.1) is 12.7 Å². The van der Waals surface area contributed by atoms with E-state index in [1.807, 2.05) is 19.1 Å². The summed E-state index contributed by atoms with van der Waals surface area (Å²) in [5.74, 6) is -0.197. The highest BCUT2D eigenvalue weighted by atomic mass is 32.1. The molecule has 0 fully saturated rings. The maximum atomic E-state index is 13.1. The summed E-state index contributed by atoms with van der Waals surface area (Å²) >= 11 is 1.72. The zero-order valence-electron chi connectivity index (χ0n) is 13.1. The first-order chi connectivity index (χ1) is 11.2. The van der Waals surface area contributed by atoms with Gasteiger partial charge in [-0.15, -0.1) is 11.3 Å². The van der Waals surface area contributed by atoms with E-state index in [2.05, 4.69) is 29.7 Å². The second-order valence-corrected chi connectivity index (χ2v) is 6.99. The van der Waals surface area contributed by atoms with Gasteiger partial charge in [-0.1, -0.05) is 25.1 Å². The molecular formula is C19H17FN2S. The molecule has 2 heterocycles. The minimum absolute atomic E-state index is 0.197. The number of rotatable bonds is 3. The number of fused-ring (bicyclic) bond motifs is 3. The number of aromatic nitrogens is 2. The van der Waals surface area contributed by atoms with Crippen LogP contribution in [0.4, 0.5) is 4.39 Å². The van der Waals surface area contributed by atoms with Crippen LogP contribution in [0.1, 0.15) is 23.1 Å². The molecule has 0 N–H and O–H groups in total. The lowest BCUT2D eigenvalue weighted by atomic mass is 10.1. The van der Waals surface area contributed by atoms with Gasteiger partial charge in [-0.2, -0.15) is 0 Å². The van der Waals surface area contributed by atoms with Gasteiger partial charge in [0.15, 0.2) is 0 Å². The third-order valence-electron chi connectivity index (χ3n) is 4.23. The molecule has 2 aromatic heterocycles. The van der Waals surface area contributed by atoms with Crippen LogP contribution in [-0.2, 0) is 13.0 Å². The van der Waals surface area contributed by atoms with Crippen LogP contribution in [0.2, 0.25) is 0 Å². The number of halogens is 1. The van der Waals surface area contributed by atoms with Crippen molar-refractivity contribution in [3.8, 4) is 0 Å². The predicted octanol–water partition coefficient (Wildman–Crippen LogP) is 5.31. The molecule has 0 amide bonds. The number of thiazole rings is 1. The Morgan fingerprint density at radius 2 is 1.83 bits per heavy atom. The third kappa shape index (κ3) is 2.43. The van der Waals surface area contributed by atoms with E-state index in [1.54, 1.807) is 11.3 Å². The van der Waals surface area contributed by atoms with Gasteiger partial charge in [0.2, 0.25) is 0 Å².